The summed E-state index contributed by atoms with van der Waals surface area (Å²) in [7, 11) is 0. The minimum atomic E-state index is 0.0665. The van der Waals surface area contributed by atoms with Crippen molar-refractivity contribution in [3.05, 3.63) is 11.6 Å². The number of allylic oxidation sites excluding steroid dienone is 2. The molecule has 0 aromatic rings. The van der Waals surface area contributed by atoms with E-state index in [9.17, 15) is 4.79 Å². The summed E-state index contributed by atoms with van der Waals surface area (Å²) in [6, 6.07) is 0. The smallest absolute Gasteiger partial charge is 0.139 e. The van der Waals surface area contributed by atoms with Gasteiger partial charge in [-0.25, -0.2) is 0 Å². The fourth-order valence-corrected chi connectivity index (χ4v) is 6.07. The molecule has 0 bridgehead atoms. The molecule has 0 aromatic carbocycles. The first-order valence-corrected chi connectivity index (χ1v) is 8.42. The second kappa shape index (κ2) is 4.20. The lowest BCUT2D eigenvalue weighted by atomic mass is 9.52. The van der Waals surface area contributed by atoms with Crippen LogP contribution in [0.25, 0.3) is 0 Å². The first-order valence-electron chi connectivity index (χ1n) is 8.42. The Kier molecular flexibility index (Phi) is 2.69. The van der Waals surface area contributed by atoms with Gasteiger partial charge in [-0.3, -0.25) is 4.79 Å². The van der Waals surface area contributed by atoms with Gasteiger partial charge in [-0.2, -0.15) is 0 Å². The molecule has 3 fully saturated rings. The van der Waals surface area contributed by atoms with Crippen LogP contribution in [0, 0.1) is 29.1 Å². The van der Waals surface area contributed by atoms with E-state index in [1.165, 1.54) is 51.4 Å². The van der Waals surface area contributed by atoms with Crippen molar-refractivity contribution in [1.29, 1.82) is 0 Å². The summed E-state index contributed by atoms with van der Waals surface area (Å²) < 4.78 is 0. The van der Waals surface area contributed by atoms with Gasteiger partial charge in [-0.15, -0.1) is 0 Å². The average Bonchev–Trinajstić information content (AvgIpc) is 2.75. The molecule has 0 spiro atoms. The molecule has 5 atom stereocenters. The summed E-state index contributed by atoms with van der Waals surface area (Å²) in [6.07, 6.45) is 14.0. The van der Waals surface area contributed by atoms with E-state index in [-0.39, 0.29) is 5.41 Å². The van der Waals surface area contributed by atoms with Gasteiger partial charge in [-0.05, 0) is 75.0 Å². The summed E-state index contributed by atoms with van der Waals surface area (Å²) in [4.78, 5) is 12.3. The van der Waals surface area contributed by atoms with Crippen LogP contribution in [0.5, 0.6) is 0 Å². The van der Waals surface area contributed by atoms with Crippen molar-refractivity contribution in [2.45, 2.75) is 64.7 Å². The van der Waals surface area contributed by atoms with Crippen LogP contribution in [0.3, 0.4) is 0 Å². The van der Waals surface area contributed by atoms with Crippen LogP contribution in [0.15, 0.2) is 11.6 Å². The zero-order valence-corrected chi connectivity index (χ0v) is 12.2. The van der Waals surface area contributed by atoms with Gasteiger partial charge in [0.2, 0.25) is 0 Å². The van der Waals surface area contributed by atoms with Crippen LogP contribution in [-0.2, 0) is 4.79 Å². The van der Waals surface area contributed by atoms with Gasteiger partial charge in [0, 0.05) is 11.8 Å². The zero-order chi connectivity index (χ0) is 13.0. The van der Waals surface area contributed by atoms with Crippen LogP contribution in [0.4, 0.5) is 0 Å². The highest BCUT2D eigenvalue weighted by molar-refractivity contribution is 5.87. The molecular weight excluding hydrogens is 232 g/mol. The highest BCUT2D eigenvalue weighted by Crippen LogP contribution is 2.60. The molecule has 1 nitrogen and oxygen atoms in total. The SMILES string of the molecule is C[C@]12CC[C@@H]3[C@H](CCC4=CCCC[C@H]43)[C@@H]1CCC2=O. The first kappa shape index (κ1) is 12.2. The standard InChI is InChI=1S/C18H26O/c1-18-11-10-14-13-5-3-2-4-12(13)6-7-15(14)16(18)8-9-17(18)19/h4,13-16H,2-3,5-11H2,1H3/t13-,14+,15+,16+,18+/m1/s1. The molecule has 4 aliphatic carbocycles. The summed E-state index contributed by atoms with van der Waals surface area (Å²) in [5.74, 6) is 3.99. The van der Waals surface area contributed by atoms with E-state index in [0.717, 1.165) is 30.1 Å². The number of hydrogen-bond acceptors (Lipinski definition) is 1. The van der Waals surface area contributed by atoms with Gasteiger partial charge < -0.3 is 0 Å². The molecule has 104 valence electrons. The molecular formula is C18H26O. The second-order valence-corrected chi connectivity index (χ2v) is 7.71. The quantitative estimate of drug-likeness (QED) is 0.584. The largest absolute Gasteiger partial charge is 0.299 e. The number of fused-ring (bicyclic) bond motifs is 5. The van der Waals surface area contributed by atoms with Crippen molar-refractivity contribution in [3.8, 4) is 0 Å². The Balaban J connectivity index is 1.65. The Labute approximate surface area is 116 Å². The van der Waals surface area contributed by atoms with E-state index < -0.39 is 0 Å². The van der Waals surface area contributed by atoms with Gasteiger partial charge in [0.05, 0.1) is 0 Å². The number of ketones is 1. The van der Waals surface area contributed by atoms with Gasteiger partial charge in [0.15, 0.2) is 0 Å². The summed E-state index contributed by atoms with van der Waals surface area (Å²) >= 11 is 0. The molecule has 0 aliphatic heterocycles. The molecule has 4 rings (SSSR count). The van der Waals surface area contributed by atoms with Gasteiger partial charge in [-0.1, -0.05) is 18.6 Å². The van der Waals surface area contributed by atoms with Crippen molar-refractivity contribution in [3.63, 3.8) is 0 Å². The molecule has 1 heteroatoms. The van der Waals surface area contributed by atoms with Crippen LogP contribution < -0.4 is 0 Å². The third kappa shape index (κ3) is 1.63. The Morgan fingerprint density at radius 2 is 2.00 bits per heavy atom. The lowest BCUT2D eigenvalue weighted by Crippen LogP contribution is -2.46. The Morgan fingerprint density at radius 3 is 2.89 bits per heavy atom. The number of rotatable bonds is 0. The fraction of sp³-hybridized carbons (Fsp3) is 0.833. The maximum absolute atomic E-state index is 12.3. The van der Waals surface area contributed by atoms with Crippen molar-refractivity contribution >= 4 is 5.78 Å². The van der Waals surface area contributed by atoms with E-state index in [1.807, 2.05) is 0 Å². The van der Waals surface area contributed by atoms with Crippen LogP contribution in [0.1, 0.15) is 64.7 Å². The van der Waals surface area contributed by atoms with Crippen LogP contribution >= 0.6 is 0 Å². The number of carbonyl (C=O) groups excluding carboxylic acids is 1. The monoisotopic (exact) mass is 258 g/mol. The molecule has 0 aromatic heterocycles. The minimum Gasteiger partial charge on any atom is -0.299 e. The highest BCUT2D eigenvalue weighted by atomic mass is 16.1. The van der Waals surface area contributed by atoms with Crippen molar-refractivity contribution in [2.24, 2.45) is 29.1 Å². The first-order chi connectivity index (χ1) is 9.20. The molecule has 0 N–H and O–H groups in total. The van der Waals surface area contributed by atoms with Gasteiger partial charge >= 0.3 is 0 Å². The normalized spacial score (nSPS) is 49.1. The average molecular weight is 258 g/mol. The maximum Gasteiger partial charge on any atom is 0.139 e. The minimum absolute atomic E-state index is 0.0665. The maximum atomic E-state index is 12.3. The molecule has 0 radical (unpaired) electrons. The van der Waals surface area contributed by atoms with E-state index in [4.69, 9.17) is 0 Å². The summed E-state index contributed by atoms with van der Waals surface area (Å²) in [5, 5.41) is 0. The van der Waals surface area contributed by atoms with Crippen molar-refractivity contribution < 1.29 is 4.79 Å². The van der Waals surface area contributed by atoms with Crippen LogP contribution in [0.2, 0.25) is 0 Å². The van der Waals surface area contributed by atoms with E-state index in [1.54, 1.807) is 5.57 Å². The van der Waals surface area contributed by atoms with Crippen molar-refractivity contribution in [1.82, 2.24) is 0 Å². The molecule has 4 aliphatic rings. The van der Waals surface area contributed by atoms with E-state index in [2.05, 4.69) is 13.0 Å². The Bertz CT molecular complexity index is 435. The predicted molar refractivity (Wildman–Crippen MR) is 76.7 cm³/mol. The zero-order valence-electron chi connectivity index (χ0n) is 12.2. The number of carbonyl (C=O) groups is 1. The van der Waals surface area contributed by atoms with Gasteiger partial charge in [0.1, 0.15) is 5.78 Å². The van der Waals surface area contributed by atoms with Gasteiger partial charge in [0.25, 0.3) is 0 Å². The predicted octanol–water partition coefficient (Wildman–Crippen LogP) is 4.52. The van der Waals surface area contributed by atoms with Crippen LogP contribution in [-0.4, -0.2) is 5.78 Å². The second-order valence-electron chi connectivity index (χ2n) is 7.71. The lowest BCUT2D eigenvalue weighted by Gasteiger charge is -2.52. The molecule has 19 heavy (non-hydrogen) atoms. The molecule has 0 amide bonds. The highest BCUT2D eigenvalue weighted by Gasteiger charge is 2.55. The molecule has 3 saturated carbocycles. The van der Waals surface area contributed by atoms with E-state index in [0.29, 0.717) is 5.78 Å². The molecule has 0 unspecified atom stereocenters. The topological polar surface area (TPSA) is 17.1 Å². The summed E-state index contributed by atoms with van der Waals surface area (Å²) in [5.41, 5.74) is 1.86. The lowest BCUT2D eigenvalue weighted by molar-refractivity contribution is -0.131. The summed E-state index contributed by atoms with van der Waals surface area (Å²) in [6.45, 7) is 2.29. The fourth-order valence-electron chi connectivity index (χ4n) is 6.07. The Morgan fingerprint density at radius 1 is 1.11 bits per heavy atom. The molecule has 0 heterocycles. The number of Topliss-reactive ketones (excluding diaryl/α,β-unsaturated/α-hetero) is 1. The Hall–Kier alpha value is -0.590. The van der Waals surface area contributed by atoms with E-state index >= 15 is 0 Å². The molecule has 0 saturated heterocycles. The third-order valence-electron chi connectivity index (χ3n) is 7.09. The number of hydrogen-bond donors (Lipinski definition) is 0. The van der Waals surface area contributed by atoms with Crippen molar-refractivity contribution in [2.75, 3.05) is 0 Å². The third-order valence-corrected chi connectivity index (χ3v) is 7.09.